The highest BCUT2D eigenvalue weighted by Gasteiger charge is 2.24. The van der Waals surface area contributed by atoms with E-state index in [4.69, 9.17) is 9.47 Å². The molecule has 164 valence electrons. The second kappa shape index (κ2) is 13.5. The highest BCUT2D eigenvalue weighted by molar-refractivity contribution is 14.0. The van der Waals surface area contributed by atoms with Crippen LogP contribution in [0.3, 0.4) is 0 Å². The Balaban J connectivity index is 0.00000320. The summed E-state index contributed by atoms with van der Waals surface area (Å²) in [6, 6.07) is 18.7. The molecule has 0 aromatic heterocycles. The van der Waals surface area contributed by atoms with Crippen molar-refractivity contribution in [2.75, 3.05) is 40.4 Å². The Kier molecular flexibility index (Phi) is 11.0. The summed E-state index contributed by atoms with van der Waals surface area (Å²) in [5, 5.41) is 3.52. The number of aryl methyl sites for hydroxylation is 1. The minimum absolute atomic E-state index is 0. The highest BCUT2D eigenvalue weighted by Crippen LogP contribution is 2.17. The van der Waals surface area contributed by atoms with Gasteiger partial charge in [-0.25, -0.2) is 0 Å². The smallest absolute Gasteiger partial charge is 0.193 e. The highest BCUT2D eigenvalue weighted by atomic mass is 127. The molecule has 0 spiro atoms. The average molecular weight is 523 g/mol. The van der Waals surface area contributed by atoms with Gasteiger partial charge in [0, 0.05) is 32.6 Å². The van der Waals surface area contributed by atoms with Crippen LogP contribution in [0, 0.1) is 5.92 Å². The van der Waals surface area contributed by atoms with E-state index < -0.39 is 0 Å². The number of likely N-dealkylation sites (tertiary alicyclic amines) is 1. The summed E-state index contributed by atoms with van der Waals surface area (Å²) in [5.74, 6) is 2.48. The summed E-state index contributed by atoms with van der Waals surface area (Å²) >= 11 is 0. The topological polar surface area (TPSA) is 46.1 Å². The van der Waals surface area contributed by atoms with E-state index in [1.165, 1.54) is 11.1 Å². The van der Waals surface area contributed by atoms with Crippen LogP contribution in [0.15, 0.2) is 59.6 Å². The van der Waals surface area contributed by atoms with Crippen molar-refractivity contribution in [3.8, 4) is 5.75 Å². The first-order valence-electron chi connectivity index (χ1n) is 10.5. The maximum Gasteiger partial charge on any atom is 0.193 e. The number of rotatable bonds is 9. The predicted molar refractivity (Wildman–Crippen MR) is 134 cm³/mol. The third-order valence-corrected chi connectivity index (χ3v) is 5.35. The molecule has 1 fully saturated rings. The second-order valence-electron chi connectivity index (χ2n) is 7.53. The molecule has 0 radical (unpaired) electrons. The quantitative estimate of drug-likeness (QED) is 0.230. The predicted octanol–water partition coefficient (Wildman–Crippen LogP) is 4.36. The number of hydrogen-bond donors (Lipinski definition) is 1. The molecule has 0 aliphatic carbocycles. The molecular formula is C24H34IN3O2. The third-order valence-electron chi connectivity index (χ3n) is 5.35. The molecule has 1 aliphatic heterocycles. The van der Waals surface area contributed by atoms with Gasteiger partial charge in [0.1, 0.15) is 5.75 Å². The minimum Gasteiger partial charge on any atom is -0.497 e. The average Bonchev–Trinajstić information content (AvgIpc) is 3.23. The van der Waals surface area contributed by atoms with Crippen molar-refractivity contribution >= 4 is 29.9 Å². The number of methoxy groups -OCH3 is 1. The number of ether oxygens (including phenoxy) is 2. The van der Waals surface area contributed by atoms with Crippen LogP contribution < -0.4 is 10.1 Å². The van der Waals surface area contributed by atoms with Gasteiger partial charge in [-0.05, 0) is 42.5 Å². The van der Waals surface area contributed by atoms with Crippen molar-refractivity contribution in [3.63, 3.8) is 0 Å². The largest absolute Gasteiger partial charge is 0.497 e. The zero-order valence-corrected chi connectivity index (χ0v) is 20.4. The molecule has 5 nitrogen and oxygen atoms in total. The molecule has 0 saturated carbocycles. The molecule has 1 unspecified atom stereocenters. The van der Waals surface area contributed by atoms with Crippen molar-refractivity contribution in [3.05, 3.63) is 65.7 Å². The molecule has 1 saturated heterocycles. The van der Waals surface area contributed by atoms with E-state index >= 15 is 0 Å². The van der Waals surface area contributed by atoms with Gasteiger partial charge in [0.05, 0.1) is 20.3 Å². The van der Waals surface area contributed by atoms with E-state index in [1.54, 1.807) is 7.11 Å². The Morgan fingerprint density at radius 3 is 2.57 bits per heavy atom. The van der Waals surface area contributed by atoms with Crippen molar-refractivity contribution in [2.45, 2.75) is 25.9 Å². The minimum atomic E-state index is 0. The maximum absolute atomic E-state index is 5.93. The zero-order chi connectivity index (χ0) is 20.3. The molecule has 3 rings (SSSR count). The molecular weight excluding hydrogens is 489 g/mol. The fourth-order valence-electron chi connectivity index (χ4n) is 3.70. The van der Waals surface area contributed by atoms with Gasteiger partial charge in [0.25, 0.3) is 0 Å². The van der Waals surface area contributed by atoms with Gasteiger partial charge >= 0.3 is 0 Å². The first kappa shape index (κ1) is 24.5. The molecule has 0 bridgehead atoms. The molecule has 2 aromatic carbocycles. The number of nitrogens with zero attached hydrogens (tertiary/aromatic N) is 2. The lowest BCUT2D eigenvalue weighted by molar-refractivity contribution is 0.0907. The number of hydrogen-bond acceptors (Lipinski definition) is 3. The van der Waals surface area contributed by atoms with E-state index in [0.29, 0.717) is 12.5 Å². The van der Waals surface area contributed by atoms with Crippen LogP contribution >= 0.6 is 24.0 Å². The van der Waals surface area contributed by atoms with Crippen LogP contribution in [0.5, 0.6) is 5.75 Å². The van der Waals surface area contributed by atoms with Crippen LogP contribution in [0.4, 0.5) is 0 Å². The number of benzene rings is 2. The Morgan fingerprint density at radius 2 is 1.87 bits per heavy atom. The van der Waals surface area contributed by atoms with E-state index in [1.807, 2.05) is 25.2 Å². The Labute approximate surface area is 197 Å². The zero-order valence-electron chi connectivity index (χ0n) is 18.0. The molecule has 1 atom stereocenters. The summed E-state index contributed by atoms with van der Waals surface area (Å²) in [7, 11) is 3.56. The summed E-state index contributed by atoms with van der Waals surface area (Å²) in [6.07, 6.45) is 3.27. The van der Waals surface area contributed by atoms with Crippen LogP contribution in [-0.4, -0.2) is 51.3 Å². The Hall–Kier alpha value is -1.80. The lowest BCUT2D eigenvalue weighted by Crippen LogP contribution is -2.40. The van der Waals surface area contributed by atoms with Crippen LogP contribution in [0.2, 0.25) is 0 Å². The van der Waals surface area contributed by atoms with Crippen LogP contribution in [0.1, 0.15) is 24.0 Å². The normalized spacial score (nSPS) is 16.3. The molecule has 1 heterocycles. The number of guanidine groups is 1. The van der Waals surface area contributed by atoms with Gasteiger partial charge in [0.2, 0.25) is 0 Å². The van der Waals surface area contributed by atoms with Gasteiger partial charge in [-0.3, -0.25) is 4.99 Å². The van der Waals surface area contributed by atoms with Gasteiger partial charge in [0.15, 0.2) is 5.96 Å². The SMILES string of the molecule is CN=C(NCCCc1ccc(OC)cc1)N1CCC(COCc2ccccc2)C1.I. The van der Waals surface area contributed by atoms with Crippen molar-refractivity contribution < 1.29 is 9.47 Å². The molecule has 30 heavy (non-hydrogen) atoms. The first-order chi connectivity index (χ1) is 14.3. The lowest BCUT2D eigenvalue weighted by atomic mass is 10.1. The third kappa shape index (κ3) is 7.80. The Morgan fingerprint density at radius 1 is 1.10 bits per heavy atom. The first-order valence-corrected chi connectivity index (χ1v) is 10.5. The summed E-state index contributed by atoms with van der Waals surface area (Å²) in [6.45, 7) is 4.46. The fourth-order valence-corrected chi connectivity index (χ4v) is 3.70. The van der Waals surface area contributed by atoms with E-state index in [9.17, 15) is 0 Å². The van der Waals surface area contributed by atoms with Gasteiger partial charge in [-0.2, -0.15) is 0 Å². The Bertz CT molecular complexity index is 753. The molecule has 1 aliphatic rings. The fraction of sp³-hybridized carbons (Fsp3) is 0.458. The number of nitrogens with one attached hydrogen (secondary N) is 1. The summed E-state index contributed by atoms with van der Waals surface area (Å²) < 4.78 is 11.1. The van der Waals surface area contributed by atoms with E-state index in [2.05, 4.69) is 51.6 Å². The second-order valence-corrected chi connectivity index (χ2v) is 7.53. The monoisotopic (exact) mass is 523 g/mol. The van der Waals surface area contributed by atoms with Gasteiger partial charge < -0.3 is 19.7 Å². The summed E-state index contributed by atoms with van der Waals surface area (Å²) in [5.41, 5.74) is 2.57. The van der Waals surface area contributed by atoms with Crippen molar-refractivity contribution in [2.24, 2.45) is 10.9 Å². The summed E-state index contributed by atoms with van der Waals surface area (Å²) in [4.78, 5) is 6.82. The molecule has 2 aromatic rings. The molecule has 6 heteroatoms. The van der Waals surface area contributed by atoms with Crippen LogP contribution in [-0.2, 0) is 17.8 Å². The lowest BCUT2D eigenvalue weighted by Gasteiger charge is -2.21. The van der Waals surface area contributed by atoms with Crippen molar-refractivity contribution in [1.82, 2.24) is 10.2 Å². The van der Waals surface area contributed by atoms with Gasteiger partial charge in [-0.1, -0.05) is 42.5 Å². The standard InChI is InChI=1S/C24H33N3O2.HI/c1-25-24(26-15-6-9-20-10-12-23(28-2)13-11-20)27-16-14-22(17-27)19-29-18-21-7-4-3-5-8-21;/h3-5,7-8,10-13,22H,6,9,14-19H2,1-2H3,(H,25,26);1H. The number of aliphatic imine (C=N–C) groups is 1. The molecule has 1 N–H and O–H groups in total. The van der Waals surface area contributed by atoms with Crippen LogP contribution in [0.25, 0.3) is 0 Å². The van der Waals surface area contributed by atoms with Crippen molar-refractivity contribution in [1.29, 1.82) is 0 Å². The number of halogens is 1. The maximum atomic E-state index is 5.93. The van der Waals surface area contributed by atoms with E-state index in [0.717, 1.165) is 57.2 Å². The van der Waals surface area contributed by atoms with Gasteiger partial charge in [-0.15, -0.1) is 24.0 Å². The molecule has 0 amide bonds. The van der Waals surface area contributed by atoms with E-state index in [-0.39, 0.29) is 24.0 Å².